The topological polar surface area (TPSA) is 21.8 Å². The molecule has 0 aromatic heterocycles. The van der Waals surface area contributed by atoms with Crippen LogP contribution in [-0.4, -0.2) is 13.7 Å². The first-order valence-electron chi connectivity index (χ1n) is 3.77. The molecule has 0 saturated carbocycles. The third-order valence-electron chi connectivity index (χ3n) is 1.88. The number of hydrogen-bond acceptors (Lipinski definition) is 2. The van der Waals surface area contributed by atoms with Gasteiger partial charge < -0.3 is 9.47 Å². The van der Waals surface area contributed by atoms with Crippen LogP contribution in [0, 0.1) is 0 Å². The highest BCUT2D eigenvalue weighted by molar-refractivity contribution is 9.10. The zero-order valence-corrected chi connectivity index (χ0v) is 8.30. The van der Waals surface area contributed by atoms with E-state index in [1.807, 2.05) is 18.2 Å². The smallest absolute Gasteiger partial charge is 0.138 e. The fourth-order valence-electron chi connectivity index (χ4n) is 1.22. The second-order valence-corrected chi connectivity index (χ2v) is 3.54. The van der Waals surface area contributed by atoms with Gasteiger partial charge in [0.15, 0.2) is 0 Å². The Kier molecular flexibility index (Phi) is 2.07. The monoisotopic (exact) mass is 228 g/mol. The molecule has 1 saturated heterocycles. The molecule has 1 heterocycles. The van der Waals surface area contributed by atoms with E-state index in [0.717, 1.165) is 22.4 Å². The predicted octanol–water partition coefficient (Wildman–Crippen LogP) is 2.53. The van der Waals surface area contributed by atoms with Gasteiger partial charge in [-0.3, -0.25) is 0 Å². The summed E-state index contributed by atoms with van der Waals surface area (Å²) in [6.07, 6.45) is 0.248. The van der Waals surface area contributed by atoms with Crippen molar-refractivity contribution < 1.29 is 9.47 Å². The largest absolute Gasteiger partial charge is 0.495 e. The van der Waals surface area contributed by atoms with Crippen LogP contribution in [0.15, 0.2) is 22.7 Å². The van der Waals surface area contributed by atoms with Gasteiger partial charge in [-0.05, 0) is 22.0 Å². The van der Waals surface area contributed by atoms with E-state index in [0.29, 0.717) is 0 Å². The van der Waals surface area contributed by atoms with Crippen LogP contribution >= 0.6 is 15.9 Å². The number of hydrogen-bond donors (Lipinski definition) is 0. The van der Waals surface area contributed by atoms with Gasteiger partial charge in [-0.25, -0.2) is 0 Å². The Bertz CT molecular complexity index is 295. The number of benzene rings is 1. The van der Waals surface area contributed by atoms with Gasteiger partial charge in [0.25, 0.3) is 0 Å². The molecule has 0 unspecified atom stereocenters. The molecular weight excluding hydrogens is 220 g/mol. The standard InChI is InChI=1S/C9H9BrO2/c1-11-9-6(8-5-12-8)3-2-4-7(9)10/h2-4,8H,5H2,1H3/t8-/m1/s1. The minimum Gasteiger partial charge on any atom is -0.495 e. The van der Waals surface area contributed by atoms with Gasteiger partial charge in [-0.2, -0.15) is 0 Å². The van der Waals surface area contributed by atoms with Crippen molar-refractivity contribution in [1.82, 2.24) is 0 Å². The van der Waals surface area contributed by atoms with E-state index in [4.69, 9.17) is 9.47 Å². The molecule has 1 fully saturated rings. The quantitative estimate of drug-likeness (QED) is 0.727. The molecule has 0 spiro atoms. The summed E-state index contributed by atoms with van der Waals surface area (Å²) in [5.41, 5.74) is 1.13. The zero-order chi connectivity index (χ0) is 8.55. The first-order valence-corrected chi connectivity index (χ1v) is 4.56. The molecule has 0 bridgehead atoms. The molecule has 64 valence electrons. The molecule has 1 aliphatic heterocycles. The number of halogens is 1. The fraction of sp³-hybridized carbons (Fsp3) is 0.333. The lowest BCUT2D eigenvalue weighted by Crippen LogP contribution is -1.91. The first kappa shape index (κ1) is 8.08. The maximum Gasteiger partial charge on any atom is 0.138 e. The minimum atomic E-state index is 0.248. The first-order chi connectivity index (χ1) is 5.83. The van der Waals surface area contributed by atoms with Crippen LogP contribution in [0.5, 0.6) is 5.75 Å². The highest BCUT2D eigenvalue weighted by Gasteiger charge is 2.28. The second kappa shape index (κ2) is 3.07. The van der Waals surface area contributed by atoms with Gasteiger partial charge in [-0.15, -0.1) is 0 Å². The number of epoxide rings is 1. The summed E-state index contributed by atoms with van der Waals surface area (Å²) >= 11 is 3.42. The van der Waals surface area contributed by atoms with E-state index in [1.54, 1.807) is 7.11 Å². The van der Waals surface area contributed by atoms with Gasteiger partial charge in [0.1, 0.15) is 11.9 Å². The summed E-state index contributed by atoms with van der Waals surface area (Å²) in [6, 6.07) is 5.98. The maximum absolute atomic E-state index is 5.25. The maximum atomic E-state index is 5.25. The summed E-state index contributed by atoms with van der Waals surface area (Å²) in [5, 5.41) is 0. The molecule has 0 aliphatic carbocycles. The highest BCUT2D eigenvalue weighted by atomic mass is 79.9. The molecule has 0 radical (unpaired) electrons. The van der Waals surface area contributed by atoms with Crippen molar-refractivity contribution in [2.24, 2.45) is 0 Å². The molecule has 12 heavy (non-hydrogen) atoms. The van der Waals surface area contributed by atoms with Crippen molar-refractivity contribution in [2.75, 3.05) is 13.7 Å². The summed E-state index contributed by atoms with van der Waals surface area (Å²) in [6.45, 7) is 0.812. The number of methoxy groups -OCH3 is 1. The molecule has 3 heteroatoms. The Morgan fingerprint density at radius 1 is 1.58 bits per heavy atom. The Morgan fingerprint density at radius 2 is 2.33 bits per heavy atom. The van der Waals surface area contributed by atoms with Gasteiger partial charge in [-0.1, -0.05) is 12.1 Å². The lowest BCUT2D eigenvalue weighted by molar-refractivity contribution is 0.381. The number of ether oxygens (including phenoxy) is 2. The van der Waals surface area contributed by atoms with Crippen molar-refractivity contribution in [3.8, 4) is 5.75 Å². The molecule has 1 aromatic carbocycles. The van der Waals surface area contributed by atoms with Gasteiger partial charge in [0, 0.05) is 5.56 Å². The van der Waals surface area contributed by atoms with Gasteiger partial charge >= 0.3 is 0 Å². The van der Waals surface area contributed by atoms with Crippen LogP contribution in [0.3, 0.4) is 0 Å². The molecule has 2 nitrogen and oxygen atoms in total. The molecule has 0 N–H and O–H groups in total. The van der Waals surface area contributed by atoms with E-state index in [2.05, 4.69) is 15.9 Å². The van der Waals surface area contributed by atoms with E-state index < -0.39 is 0 Å². The third-order valence-corrected chi connectivity index (χ3v) is 2.51. The van der Waals surface area contributed by atoms with Crippen LogP contribution in [0.4, 0.5) is 0 Å². The molecule has 0 amide bonds. The molecule has 2 rings (SSSR count). The fourth-order valence-corrected chi connectivity index (χ4v) is 1.77. The predicted molar refractivity (Wildman–Crippen MR) is 49.4 cm³/mol. The Hall–Kier alpha value is -0.540. The normalized spacial score (nSPS) is 20.7. The van der Waals surface area contributed by atoms with Crippen molar-refractivity contribution in [3.63, 3.8) is 0 Å². The van der Waals surface area contributed by atoms with Crippen LogP contribution < -0.4 is 4.74 Å². The van der Waals surface area contributed by atoms with Crippen LogP contribution in [-0.2, 0) is 4.74 Å². The molecule has 1 aromatic rings. The highest BCUT2D eigenvalue weighted by Crippen LogP contribution is 2.39. The number of rotatable bonds is 2. The average molecular weight is 229 g/mol. The van der Waals surface area contributed by atoms with Crippen LogP contribution in [0.1, 0.15) is 11.7 Å². The Balaban J connectivity index is 2.43. The number of para-hydroxylation sites is 1. The summed E-state index contributed by atoms with van der Waals surface area (Å²) in [7, 11) is 1.67. The summed E-state index contributed by atoms with van der Waals surface area (Å²) in [4.78, 5) is 0. The Labute approximate surface area is 79.6 Å². The molecule has 1 aliphatic rings. The van der Waals surface area contributed by atoms with E-state index in [-0.39, 0.29) is 6.10 Å². The van der Waals surface area contributed by atoms with Crippen LogP contribution in [0.25, 0.3) is 0 Å². The molecular formula is C9H9BrO2. The molecule has 1 atom stereocenters. The van der Waals surface area contributed by atoms with Gasteiger partial charge in [0.05, 0.1) is 18.2 Å². The van der Waals surface area contributed by atoms with Crippen molar-refractivity contribution >= 4 is 15.9 Å². The Morgan fingerprint density at radius 3 is 2.92 bits per heavy atom. The van der Waals surface area contributed by atoms with Crippen molar-refractivity contribution in [2.45, 2.75) is 6.10 Å². The average Bonchev–Trinajstić information content (AvgIpc) is 2.86. The van der Waals surface area contributed by atoms with E-state index in [9.17, 15) is 0 Å². The minimum absolute atomic E-state index is 0.248. The summed E-state index contributed by atoms with van der Waals surface area (Å²) < 4.78 is 11.4. The zero-order valence-electron chi connectivity index (χ0n) is 6.71. The second-order valence-electron chi connectivity index (χ2n) is 2.68. The SMILES string of the molecule is COc1c(Br)cccc1[C@H]1CO1. The summed E-state index contributed by atoms with van der Waals surface area (Å²) in [5.74, 6) is 0.889. The lowest BCUT2D eigenvalue weighted by Gasteiger charge is -2.07. The van der Waals surface area contributed by atoms with E-state index in [1.165, 1.54) is 0 Å². The van der Waals surface area contributed by atoms with Crippen molar-refractivity contribution in [1.29, 1.82) is 0 Å². The van der Waals surface area contributed by atoms with E-state index >= 15 is 0 Å². The van der Waals surface area contributed by atoms with Crippen molar-refractivity contribution in [3.05, 3.63) is 28.2 Å². The lowest BCUT2D eigenvalue weighted by atomic mass is 10.1. The van der Waals surface area contributed by atoms with Crippen LogP contribution in [0.2, 0.25) is 0 Å². The van der Waals surface area contributed by atoms with Gasteiger partial charge in [0.2, 0.25) is 0 Å². The third kappa shape index (κ3) is 1.34.